The van der Waals surface area contributed by atoms with Crippen LogP contribution in [0.15, 0.2) is 18.2 Å². The first-order chi connectivity index (χ1) is 10.0. The second-order valence-electron chi connectivity index (χ2n) is 6.19. The number of aryl methyl sites for hydroxylation is 1. The van der Waals surface area contributed by atoms with E-state index in [9.17, 15) is 0 Å². The van der Waals surface area contributed by atoms with E-state index in [4.69, 9.17) is 16.3 Å². The van der Waals surface area contributed by atoms with E-state index < -0.39 is 0 Å². The van der Waals surface area contributed by atoms with Gasteiger partial charge in [0, 0.05) is 30.2 Å². The van der Waals surface area contributed by atoms with Crippen molar-refractivity contribution in [2.75, 3.05) is 26.7 Å². The van der Waals surface area contributed by atoms with Gasteiger partial charge in [0.1, 0.15) is 0 Å². The Morgan fingerprint density at radius 3 is 2.81 bits per heavy atom. The molecular formula is C17H27ClN2O. The zero-order valence-corrected chi connectivity index (χ0v) is 14.3. The summed E-state index contributed by atoms with van der Waals surface area (Å²) in [6.07, 6.45) is 1.11. The quantitative estimate of drug-likeness (QED) is 0.905. The number of morpholine rings is 1. The second kappa shape index (κ2) is 7.59. The van der Waals surface area contributed by atoms with E-state index in [1.807, 2.05) is 13.1 Å². The molecule has 0 saturated carbocycles. The third kappa shape index (κ3) is 4.43. The van der Waals surface area contributed by atoms with Gasteiger partial charge >= 0.3 is 0 Å². The van der Waals surface area contributed by atoms with Gasteiger partial charge in [0.05, 0.1) is 12.7 Å². The molecule has 2 unspecified atom stereocenters. The molecule has 1 N–H and O–H groups in total. The van der Waals surface area contributed by atoms with Crippen molar-refractivity contribution in [1.82, 2.24) is 10.2 Å². The molecule has 4 heteroatoms. The summed E-state index contributed by atoms with van der Waals surface area (Å²) in [4.78, 5) is 2.48. The third-order valence-corrected chi connectivity index (χ3v) is 4.67. The normalized spacial score (nSPS) is 21.7. The van der Waals surface area contributed by atoms with E-state index in [1.165, 1.54) is 11.1 Å². The number of hydrogen-bond acceptors (Lipinski definition) is 3. The highest BCUT2D eigenvalue weighted by Crippen LogP contribution is 2.21. The molecule has 3 nitrogen and oxygen atoms in total. The fourth-order valence-electron chi connectivity index (χ4n) is 2.88. The van der Waals surface area contributed by atoms with Crippen molar-refractivity contribution in [3.8, 4) is 0 Å². The maximum atomic E-state index is 6.37. The maximum absolute atomic E-state index is 6.37. The Hall–Kier alpha value is -0.610. The molecule has 1 aliphatic rings. The number of rotatable bonds is 5. The molecule has 0 bridgehead atoms. The van der Waals surface area contributed by atoms with Crippen molar-refractivity contribution in [3.63, 3.8) is 0 Å². The maximum Gasteiger partial charge on any atom is 0.0858 e. The first-order valence-corrected chi connectivity index (χ1v) is 8.17. The third-order valence-electron chi connectivity index (χ3n) is 4.32. The number of hydrogen-bond donors (Lipinski definition) is 1. The average Bonchev–Trinajstić information content (AvgIpc) is 2.46. The van der Waals surface area contributed by atoms with Crippen LogP contribution >= 0.6 is 11.6 Å². The molecule has 1 heterocycles. The number of likely N-dealkylation sites (N-methyl/N-ethyl adjacent to an activating group) is 1. The largest absolute Gasteiger partial charge is 0.374 e. The van der Waals surface area contributed by atoms with Gasteiger partial charge in [-0.2, -0.15) is 0 Å². The number of ether oxygens (including phenoxy) is 1. The Morgan fingerprint density at radius 1 is 1.43 bits per heavy atom. The van der Waals surface area contributed by atoms with Crippen molar-refractivity contribution in [2.24, 2.45) is 0 Å². The Bertz CT molecular complexity index is 464. The number of halogens is 1. The standard InChI is InChI=1S/C17H27ClN2O/c1-12(2)20-7-8-21-17(11-20)16(19-4)10-14-6-5-13(3)9-15(14)18/h5-6,9,12,16-17,19H,7-8,10-11H2,1-4H3. The molecule has 0 amide bonds. The lowest BCUT2D eigenvalue weighted by Gasteiger charge is -2.39. The van der Waals surface area contributed by atoms with Gasteiger partial charge in [-0.1, -0.05) is 23.7 Å². The Morgan fingerprint density at radius 2 is 2.19 bits per heavy atom. The highest BCUT2D eigenvalue weighted by Gasteiger charge is 2.28. The van der Waals surface area contributed by atoms with Gasteiger partial charge in [0.15, 0.2) is 0 Å². The van der Waals surface area contributed by atoms with E-state index in [2.05, 4.69) is 43.1 Å². The van der Waals surface area contributed by atoms with Gasteiger partial charge in [-0.05, 0) is 51.4 Å². The fraction of sp³-hybridized carbons (Fsp3) is 0.647. The van der Waals surface area contributed by atoms with Crippen LogP contribution in [0.25, 0.3) is 0 Å². The predicted molar refractivity (Wildman–Crippen MR) is 89.2 cm³/mol. The Labute approximate surface area is 133 Å². The van der Waals surface area contributed by atoms with Crippen molar-refractivity contribution in [2.45, 2.75) is 45.4 Å². The minimum Gasteiger partial charge on any atom is -0.374 e. The van der Waals surface area contributed by atoms with Crippen LogP contribution in [0, 0.1) is 6.92 Å². The summed E-state index contributed by atoms with van der Waals surface area (Å²) >= 11 is 6.37. The average molecular weight is 311 g/mol. The number of nitrogens with one attached hydrogen (secondary N) is 1. The fourth-order valence-corrected chi connectivity index (χ4v) is 3.20. The molecule has 0 spiro atoms. The van der Waals surface area contributed by atoms with Crippen LogP contribution in [0.1, 0.15) is 25.0 Å². The van der Waals surface area contributed by atoms with Crippen LogP contribution in [0.5, 0.6) is 0 Å². The summed E-state index contributed by atoms with van der Waals surface area (Å²) in [5.41, 5.74) is 2.39. The van der Waals surface area contributed by atoms with E-state index in [0.29, 0.717) is 6.04 Å². The SMILES string of the molecule is CNC(Cc1ccc(C)cc1Cl)C1CN(C(C)C)CCO1. The van der Waals surface area contributed by atoms with Crippen molar-refractivity contribution in [3.05, 3.63) is 34.3 Å². The van der Waals surface area contributed by atoms with Gasteiger partial charge < -0.3 is 10.1 Å². The zero-order valence-electron chi connectivity index (χ0n) is 13.5. The van der Waals surface area contributed by atoms with Crippen molar-refractivity contribution >= 4 is 11.6 Å². The van der Waals surface area contributed by atoms with E-state index in [0.717, 1.165) is 31.1 Å². The van der Waals surface area contributed by atoms with Gasteiger partial charge in [0.25, 0.3) is 0 Å². The van der Waals surface area contributed by atoms with E-state index in [-0.39, 0.29) is 12.1 Å². The summed E-state index contributed by atoms with van der Waals surface area (Å²) in [6.45, 7) is 9.36. The molecule has 1 saturated heterocycles. The van der Waals surface area contributed by atoms with Crippen LogP contribution in [-0.4, -0.2) is 49.8 Å². The minimum atomic E-state index is 0.212. The summed E-state index contributed by atoms with van der Waals surface area (Å²) in [6, 6.07) is 7.14. The van der Waals surface area contributed by atoms with Crippen LogP contribution in [-0.2, 0) is 11.2 Å². The van der Waals surface area contributed by atoms with Crippen LogP contribution in [0.4, 0.5) is 0 Å². The lowest BCUT2D eigenvalue weighted by molar-refractivity contribution is -0.0541. The minimum absolute atomic E-state index is 0.212. The van der Waals surface area contributed by atoms with Crippen LogP contribution in [0.3, 0.4) is 0 Å². The first kappa shape index (κ1) is 16.8. The van der Waals surface area contributed by atoms with Crippen molar-refractivity contribution in [1.29, 1.82) is 0 Å². The van der Waals surface area contributed by atoms with E-state index >= 15 is 0 Å². The number of benzene rings is 1. The van der Waals surface area contributed by atoms with Crippen LogP contribution in [0.2, 0.25) is 5.02 Å². The molecule has 1 fully saturated rings. The molecule has 0 aliphatic carbocycles. The highest BCUT2D eigenvalue weighted by atomic mass is 35.5. The summed E-state index contributed by atoms with van der Waals surface area (Å²) < 4.78 is 6.00. The zero-order chi connectivity index (χ0) is 15.4. The lowest BCUT2D eigenvalue weighted by atomic mass is 9.99. The van der Waals surface area contributed by atoms with Crippen LogP contribution < -0.4 is 5.32 Å². The van der Waals surface area contributed by atoms with Gasteiger partial charge in [-0.25, -0.2) is 0 Å². The van der Waals surface area contributed by atoms with Crippen molar-refractivity contribution < 1.29 is 4.74 Å². The van der Waals surface area contributed by atoms with E-state index in [1.54, 1.807) is 0 Å². The molecule has 2 rings (SSSR count). The molecule has 0 radical (unpaired) electrons. The predicted octanol–water partition coefficient (Wildman–Crippen LogP) is 2.89. The Kier molecular flexibility index (Phi) is 6.06. The second-order valence-corrected chi connectivity index (χ2v) is 6.60. The molecular weight excluding hydrogens is 284 g/mol. The first-order valence-electron chi connectivity index (χ1n) is 7.79. The summed E-state index contributed by atoms with van der Waals surface area (Å²) in [5.74, 6) is 0. The number of nitrogens with zero attached hydrogens (tertiary/aromatic N) is 1. The van der Waals surface area contributed by atoms with Gasteiger partial charge in [-0.15, -0.1) is 0 Å². The Balaban J connectivity index is 2.05. The highest BCUT2D eigenvalue weighted by molar-refractivity contribution is 6.31. The molecule has 21 heavy (non-hydrogen) atoms. The summed E-state index contributed by atoms with van der Waals surface area (Å²) in [7, 11) is 2.00. The lowest BCUT2D eigenvalue weighted by Crippen LogP contribution is -2.53. The molecule has 1 aliphatic heterocycles. The van der Waals surface area contributed by atoms with Gasteiger partial charge in [-0.3, -0.25) is 4.90 Å². The topological polar surface area (TPSA) is 24.5 Å². The van der Waals surface area contributed by atoms with Gasteiger partial charge in [0.2, 0.25) is 0 Å². The molecule has 2 atom stereocenters. The molecule has 1 aromatic carbocycles. The monoisotopic (exact) mass is 310 g/mol. The molecule has 1 aromatic rings. The molecule has 118 valence electrons. The molecule has 0 aromatic heterocycles. The smallest absolute Gasteiger partial charge is 0.0858 e. The summed E-state index contributed by atoms with van der Waals surface area (Å²) in [5, 5.41) is 4.26.